The summed E-state index contributed by atoms with van der Waals surface area (Å²) < 4.78 is 5.65. The second-order valence-corrected chi connectivity index (χ2v) is 5.89. The molecule has 21 heavy (non-hydrogen) atoms. The standard InChI is InChI=1S/C15H26N2O4/c1-5-6-15(3,21-4)13(17-9(2)18)11-7-10(14(19)20)8-12(11)16/h7,11-13H,5-6,8,16H2,1-4H3,(H,17,18)(H,19,20)/t11-,12-,13-,15+/m1/s1. The predicted molar refractivity (Wildman–Crippen MR) is 79.7 cm³/mol. The second-order valence-electron chi connectivity index (χ2n) is 5.89. The van der Waals surface area contributed by atoms with Gasteiger partial charge in [0.1, 0.15) is 0 Å². The molecule has 0 fully saturated rings. The molecule has 0 aromatic rings. The first kappa shape index (κ1) is 17.7. The van der Waals surface area contributed by atoms with E-state index in [9.17, 15) is 9.59 Å². The van der Waals surface area contributed by atoms with Gasteiger partial charge in [-0.1, -0.05) is 19.4 Å². The lowest BCUT2D eigenvalue weighted by molar-refractivity contribution is -0.132. The molecule has 0 bridgehead atoms. The summed E-state index contributed by atoms with van der Waals surface area (Å²) in [5, 5.41) is 12.0. The molecule has 0 spiro atoms. The Morgan fingerprint density at radius 2 is 2.24 bits per heavy atom. The van der Waals surface area contributed by atoms with Gasteiger partial charge < -0.3 is 20.9 Å². The first-order valence-electron chi connectivity index (χ1n) is 7.27. The molecule has 1 aliphatic rings. The molecular formula is C15H26N2O4. The number of methoxy groups -OCH3 is 1. The summed E-state index contributed by atoms with van der Waals surface area (Å²) in [5.74, 6) is -1.38. The Bertz CT molecular complexity index is 435. The number of hydrogen-bond acceptors (Lipinski definition) is 4. The average Bonchev–Trinajstić information content (AvgIpc) is 2.78. The van der Waals surface area contributed by atoms with Gasteiger partial charge in [-0.2, -0.15) is 0 Å². The van der Waals surface area contributed by atoms with Gasteiger partial charge in [-0.15, -0.1) is 0 Å². The van der Waals surface area contributed by atoms with Gasteiger partial charge in [-0.25, -0.2) is 4.79 Å². The normalized spacial score (nSPS) is 25.9. The number of ether oxygens (including phenoxy) is 1. The fourth-order valence-corrected chi connectivity index (χ4v) is 3.07. The van der Waals surface area contributed by atoms with E-state index in [4.69, 9.17) is 15.6 Å². The summed E-state index contributed by atoms with van der Waals surface area (Å²) in [4.78, 5) is 22.7. The van der Waals surface area contributed by atoms with E-state index in [0.29, 0.717) is 12.0 Å². The van der Waals surface area contributed by atoms with Gasteiger partial charge in [0.05, 0.1) is 11.6 Å². The summed E-state index contributed by atoms with van der Waals surface area (Å²) >= 11 is 0. The molecule has 4 atom stereocenters. The van der Waals surface area contributed by atoms with E-state index in [0.717, 1.165) is 12.8 Å². The van der Waals surface area contributed by atoms with Crippen LogP contribution in [0.2, 0.25) is 0 Å². The molecule has 0 radical (unpaired) electrons. The molecule has 6 heteroatoms. The van der Waals surface area contributed by atoms with Crippen LogP contribution in [-0.4, -0.2) is 41.8 Å². The van der Waals surface area contributed by atoms with Crippen LogP contribution in [0.25, 0.3) is 0 Å². The molecule has 1 rings (SSSR count). The molecule has 120 valence electrons. The van der Waals surface area contributed by atoms with Crippen LogP contribution in [0.1, 0.15) is 40.0 Å². The van der Waals surface area contributed by atoms with Crippen molar-refractivity contribution < 1.29 is 19.4 Å². The van der Waals surface area contributed by atoms with Crippen molar-refractivity contribution >= 4 is 11.9 Å². The molecule has 1 aliphatic carbocycles. The predicted octanol–water partition coefficient (Wildman–Crippen LogP) is 1.05. The lowest BCUT2D eigenvalue weighted by atomic mass is 9.80. The van der Waals surface area contributed by atoms with Crippen molar-refractivity contribution in [1.82, 2.24) is 5.32 Å². The number of carboxylic acids is 1. The Kier molecular flexibility index (Phi) is 5.92. The van der Waals surface area contributed by atoms with Gasteiger partial charge in [0, 0.05) is 31.6 Å². The lowest BCUT2D eigenvalue weighted by Gasteiger charge is -2.41. The second kappa shape index (κ2) is 7.04. The van der Waals surface area contributed by atoms with E-state index >= 15 is 0 Å². The van der Waals surface area contributed by atoms with Gasteiger partial charge in [0.15, 0.2) is 0 Å². The number of aliphatic carboxylic acids is 1. The fourth-order valence-electron chi connectivity index (χ4n) is 3.07. The Labute approximate surface area is 125 Å². The van der Waals surface area contributed by atoms with Crippen molar-refractivity contribution in [2.45, 2.75) is 57.7 Å². The van der Waals surface area contributed by atoms with Crippen molar-refractivity contribution in [1.29, 1.82) is 0 Å². The van der Waals surface area contributed by atoms with E-state index in [-0.39, 0.29) is 23.9 Å². The molecule has 4 N–H and O–H groups in total. The highest BCUT2D eigenvalue weighted by Gasteiger charge is 2.43. The highest BCUT2D eigenvalue weighted by molar-refractivity contribution is 5.87. The zero-order valence-corrected chi connectivity index (χ0v) is 13.2. The first-order valence-corrected chi connectivity index (χ1v) is 7.27. The van der Waals surface area contributed by atoms with Gasteiger partial charge in [-0.05, 0) is 19.8 Å². The zero-order chi connectivity index (χ0) is 16.2. The Hall–Kier alpha value is -1.40. The van der Waals surface area contributed by atoms with Crippen LogP contribution in [0.4, 0.5) is 0 Å². The zero-order valence-electron chi connectivity index (χ0n) is 13.2. The number of carbonyl (C=O) groups is 2. The highest BCUT2D eigenvalue weighted by atomic mass is 16.5. The Morgan fingerprint density at radius 1 is 1.62 bits per heavy atom. The Balaban J connectivity index is 3.13. The number of nitrogens with two attached hydrogens (primary N) is 1. The van der Waals surface area contributed by atoms with Gasteiger partial charge in [-0.3, -0.25) is 4.79 Å². The molecule has 1 amide bonds. The van der Waals surface area contributed by atoms with Crippen LogP contribution in [0.5, 0.6) is 0 Å². The maximum atomic E-state index is 11.6. The topological polar surface area (TPSA) is 102 Å². The van der Waals surface area contributed by atoms with Gasteiger partial charge >= 0.3 is 5.97 Å². The summed E-state index contributed by atoms with van der Waals surface area (Å²) in [7, 11) is 1.60. The van der Waals surface area contributed by atoms with Crippen molar-refractivity contribution in [2.75, 3.05) is 7.11 Å². The molecular weight excluding hydrogens is 272 g/mol. The largest absolute Gasteiger partial charge is 0.478 e. The van der Waals surface area contributed by atoms with Crippen LogP contribution in [0, 0.1) is 5.92 Å². The third-order valence-electron chi connectivity index (χ3n) is 4.23. The molecule has 0 saturated heterocycles. The van der Waals surface area contributed by atoms with Crippen LogP contribution < -0.4 is 11.1 Å². The molecule has 0 unspecified atom stereocenters. The van der Waals surface area contributed by atoms with E-state index in [1.54, 1.807) is 13.2 Å². The number of carboxylic acid groups (broad SMARTS) is 1. The molecule has 0 aromatic heterocycles. The number of nitrogens with one attached hydrogen (secondary N) is 1. The maximum absolute atomic E-state index is 11.6. The number of rotatable bonds is 7. The first-order chi connectivity index (χ1) is 9.75. The smallest absolute Gasteiger partial charge is 0.331 e. The van der Waals surface area contributed by atoms with Crippen LogP contribution in [0.3, 0.4) is 0 Å². The number of carbonyl (C=O) groups excluding carboxylic acids is 1. The minimum Gasteiger partial charge on any atom is -0.478 e. The van der Waals surface area contributed by atoms with Crippen molar-refractivity contribution in [2.24, 2.45) is 11.7 Å². The summed E-state index contributed by atoms with van der Waals surface area (Å²) in [6.45, 7) is 5.41. The molecule has 6 nitrogen and oxygen atoms in total. The van der Waals surface area contributed by atoms with Crippen molar-refractivity contribution in [3.05, 3.63) is 11.6 Å². The SMILES string of the molecule is CCC[C@](C)(OC)[C@H](NC(C)=O)[C@@H]1C=C(C(=O)O)C[C@H]1N. The van der Waals surface area contributed by atoms with E-state index in [1.165, 1.54) is 6.92 Å². The lowest BCUT2D eigenvalue weighted by Crippen LogP contribution is -2.58. The molecule has 0 saturated carbocycles. The van der Waals surface area contributed by atoms with Crippen LogP contribution >= 0.6 is 0 Å². The monoisotopic (exact) mass is 298 g/mol. The summed E-state index contributed by atoms with van der Waals surface area (Å²) in [6, 6.07) is -0.689. The summed E-state index contributed by atoms with van der Waals surface area (Å²) in [6.07, 6.45) is 3.61. The summed E-state index contributed by atoms with van der Waals surface area (Å²) in [5.41, 5.74) is 5.82. The Morgan fingerprint density at radius 3 is 2.62 bits per heavy atom. The van der Waals surface area contributed by atoms with E-state index < -0.39 is 11.6 Å². The molecule has 0 aliphatic heterocycles. The fraction of sp³-hybridized carbons (Fsp3) is 0.733. The highest BCUT2D eigenvalue weighted by Crippen LogP contribution is 2.34. The van der Waals surface area contributed by atoms with Gasteiger partial charge in [0.2, 0.25) is 5.91 Å². The van der Waals surface area contributed by atoms with Crippen molar-refractivity contribution in [3.8, 4) is 0 Å². The van der Waals surface area contributed by atoms with Gasteiger partial charge in [0.25, 0.3) is 0 Å². The quantitative estimate of drug-likeness (QED) is 0.652. The average molecular weight is 298 g/mol. The minimum atomic E-state index is -0.955. The van der Waals surface area contributed by atoms with Crippen LogP contribution in [0.15, 0.2) is 11.6 Å². The van der Waals surface area contributed by atoms with Crippen LogP contribution in [-0.2, 0) is 14.3 Å². The maximum Gasteiger partial charge on any atom is 0.331 e. The number of amides is 1. The third kappa shape index (κ3) is 4.04. The minimum absolute atomic E-state index is 0.177. The third-order valence-corrected chi connectivity index (χ3v) is 4.23. The van der Waals surface area contributed by atoms with E-state index in [1.807, 2.05) is 13.8 Å². The van der Waals surface area contributed by atoms with E-state index in [2.05, 4.69) is 5.32 Å². The van der Waals surface area contributed by atoms with Crippen molar-refractivity contribution in [3.63, 3.8) is 0 Å². The molecule has 0 aromatic carbocycles. The number of hydrogen-bond donors (Lipinski definition) is 3. The molecule has 0 heterocycles.